The molecule has 0 aromatic heterocycles. The Labute approximate surface area is 165 Å². The molecule has 1 aliphatic rings. The van der Waals surface area contributed by atoms with Crippen molar-refractivity contribution in [1.29, 1.82) is 0 Å². The third-order valence-electron chi connectivity index (χ3n) is 4.24. The van der Waals surface area contributed by atoms with Gasteiger partial charge in [0.2, 0.25) is 0 Å². The normalized spacial score (nSPS) is 21.0. The van der Waals surface area contributed by atoms with E-state index in [0.29, 0.717) is 71.0 Å². The number of ether oxygens (including phenoxy) is 6. The monoisotopic (exact) mass is 392 g/mol. The Morgan fingerprint density at radius 3 is 1.86 bits per heavy atom. The molecule has 0 amide bonds. The van der Waals surface area contributed by atoms with Crippen molar-refractivity contribution in [3.8, 4) is 11.5 Å². The van der Waals surface area contributed by atoms with Crippen molar-refractivity contribution in [2.75, 3.05) is 66.1 Å². The minimum Gasteiger partial charge on any atom is -0.487 e. The van der Waals surface area contributed by atoms with E-state index in [1.54, 1.807) is 0 Å². The molecular weight excluding hydrogens is 364 g/mol. The van der Waals surface area contributed by atoms with Crippen LogP contribution in [0.2, 0.25) is 0 Å². The zero-order valence-electron chi connectivity index (χ0n) is 16.0. The molecule has 1 N–H and O–H groups in total. The highest BCUT2D eigenvalue weighted by atomic mass is 16.6. The van der Waals surface area contributed by atoms with Gasteiger partial charge < -0.3 is 33.5 Å². The van der Waals surface area contributed by atoms with Crippen molar-refractivity contribution in [2.45, 2.75) is 6.10 Å². The molecule has 1 heterocycles. The van der Waals surface area contributed by atoms with Gasteiger partial charge in [-0.1, -0.05) is 24.3 Å². The Hall–Kier alpha value is -1.90. The molecule has 28 heavy (non-hydrogen) atoms. The van der Waals surface area contributed by atoms with Gasteiger partial charge in [0.05, 0.1) is 52.9 Å². The largest absolute Gasteiger partial charge is 0.487 e. The van der Waals surface area contributed by atoms with Gasteiger partial charge in [0.1, 0.15) is 19.3 Å². The lowest BCUT2D eigenvalue weighted by Crippen LogP contribution is -2.27. The van der Waals surface area contributed by atoms with Crippen molar-refractivity contribution >= 4 is 10.8 Å². The lowest BCUT2D eigenvalue weighted by atomic mass is 10.1. The number of benzene rings is 2. The van der Waals surface area contributed by atoms with Crippen LogP contribution in [0.4, 0.5) is 0 Å². The quantitative estimate of drug-likeness (QED) is 0.796. The number of rotatable bonds is 1. The van der Waals surface area contributed by atoms with Crippen LogP contribution in [-0.2, 0) is 18.9 Å². The summed E-state index contributed by atoms with van der Waals surface area (Å²) in [6.07, 6.45) is -0.359. The molecule has 3 rings (SSSR count). The Bertz CT molecular complexity index is 706. The summed E-state index contributed by atoms with van der Waals surface area (Å²) in [5, 5.41) is 11.5. The molecule has 2 aromatic rings. The SMILES string of the molecule is OCC1COCCOCCOc2cc3ccccc3cc2OCCOCCO1. The number of fused-ring (bicyclic) bond motifs is 2. The van der Waals surface area contributed by atoms with Crippen molar-refractivity contribution < 1.29 is 33.5 Å². The predicted molar refractivity (Wildman–Crippen MR) is 104 cm³/mol. The first-order valence-corrected chi connectivity index (χ1v) is 9.61. The summed E-state index contributed by atoms with van der Waals surface area (Å²) >= 11 is 0. The van der Waals surface area contributed by atoms with E-state index in [-0.39, 0.29) is 12.7 Å². The molecule has 1 atom stereocenters. The Morgan fingerprint density at radius 2 is 1.25 bits per heavy atom. The molecular formula is C21H28O7. The van der Waals surface area contributed by atoms with Crippen LogP contribution in [0.5, 0.6) is 11.5 Å². The second-order valence-electron chi connectivity index (χ2n) is 6.32. The number of hydrogen-bond donors (Lipinski definition) is 1. The number of hydrogen-bond acceptors (Lipinski definition) is 7. The maximum absolute atomic E-state index is 9.30. The van der Waals surface area contributed by atoms with Crippen LogP contribution < -0.4 is 9.47 Å². The summed E-state index contributed by atoms with van der Waals surface area (Å²) in [4.78, 5) is 0. The highest BCUT2D eigenvalue weighted by Gasteiger charge is 2.10. The van der Waals surface area contributed by atoms with Gasteiger partial charge in [0.25, 0.3) is 0 Å². The zero-order valence-corrected chi connectivity index (χ0v) is 16.0. The standard InChI is InChI=1S/C21H28O7/c22-15-19-16-25-6-5-23-8-11-27-20-13-17-3-1-2-4-18(17)14-21(20)28-12-9-24-7-10-26-19/h1-4,13-14,19,22H,5-12,15-16H2. The van der Waals surface area contributed by atoms with Crippen LogP contribution in [0.25, 0.3) is 10.8 Å². The van der Waals surface area contributed by atoms with Gasteiger partial charge in [-0.2, -0.15) is 0 Å². The van der Waals surface area contributed by atoms with Crippen LogP contribution in [0.15, 0.2) is 36.4 Å². The van der Waals surface area contributed by atoms with Crippen molar-refractivity contribution in [3.05, 3.63) is 36.4 Å². The molecule has 2 aromatic carbocycles. The van der Waals surface area contributed by atoms with E-state index in [1.165, 1.54) is 0 Å². The van der Waals surface area contributed by atoms with Gasteiger partial charge in [-0.25, -0.2) is 0 Å². The van der Waals surface area contributed by atoms with E-state index in [2.05, 4.69) is 0 Å². The van der Waals surface area contributed by atoms with Crippen LogP contribution in [0.3, 0.4) is 0 Å². The van der Waals surface area contributed by atoms with Gasteiger partial charge in [-0.05, 0) is 22.9 Å². The smallest absolute Gasteiger partial charge is 0.161 e. The maximum atomic E-state index is 9.30. The minimum absolute atomic E-state index is 0.0947. The second-order valence-corrected chi connectivity index (χ2v) is 6.32. The zero-order chi connectivity index (χ0) is 19.4. The van der Waals surface area contributed by atoms with Crippen LogP contribution in [-0.4, -0.2) is 77.3 Å². The third-order valence-corrected chi connectivity index (χ3v) is 4.24. The Balaban J connectivity index is 1.62. The van der Waals surface area contributed by atoms with Gasteiger partial charge in [0, 0.05) is 0 Å². The molecule has 7 heteroatoms. The van der Waals surface area contributed by atoms with Crippen molar-refractivity contribution in [1.82, 2.24) is 0 Å². The summed E-state index contributed by atoms with van der Waals surface area (Å²) in [5.41, 5.74) is 0. The lowest BCUT2D eigenvalue weighted by Gasteiger charge is -2.17. The molecule has 0 radical (unpaired) electrons. The minimum atomic E-state index is -0.359. The van der Waals surface area contributed by atoms with Crippen LogP contribution in [0.1, 0.15) is 0 Å². The van der Waals surface area contributed by atoms with E-state index in [9.17, 15) is 5.11 Å². The highest BCUT2D eigenvalue weighted by molar-refractivity contribution is 5.86. The first-order valence-electron chi connectivity index (χ1n) is 9.61. The summed E-state index contributed by atoms with van der Waals surface area (Å²) in [6, 6.07) is 12.0. The van der Waals surface area contributed by atoms with Crippen LogP contribution in [0, 0.1) is 0 Å². The molecule has 7 nitrogen and oxygen atoms in total. The predicted octanol–water partition coefficient (Wildman–Crippen LogP) is 2.04. The second kappa shape index (κ2) is 11.8. The molecule has 0 saturated carbocycles. The van der Waals surface area contributed by atoms with E-state index in [1.807, 2.05) is 36.4 Å². The molecule has 0 fully saturated rings. The van der Waals surface area contributed by atoms with E-state index < -0.39 is 0 Å². The van der Waals surface area contributed by atoms with E-state index in [4.69, 9.17) is 28.4 Å². The lowest BCUT2D eigenvalue weighted by molar-refractivity contribution is -0.0677. The van der Waals surface area contributed by atoms with Gasteiger partial charge in [-0.15, -0.1) is 0 Å². The van der Waals surface area contributed by atoms with Crippen molar-refractivity contribution in [3.63, 3.8) is 0 Å². The van der Waals surface area contributed by atoms with Gasteiger partial charge in [0.15, 0.2) is 11.5 Å². The first-order chi connectivity index (χ1) is 13.9. The van der Waals surface area contributed by atoms with E-state index >= 15 is 0 Å². The Morgan fingerprint density at radius 1 is 0.714 bits per heavy atom. The van der Waals surface area contributed by atoms with Crippen LogP contribution >= 0.6 is 0 Å². The summed E-state index contributed by atoms with van der Waals surface area (Å²) < 4.78 is 33.9. The number of aliphatic hydroxyl groups is 1. The molecule has 1 unspecified atom stereocenters. The molecule has 0 bridgehead atoms. The molecule has 0 spiro atoms. The van der Waals surface area contributed by atoms with Gasteiger partial charge in [-0.3, -0.25) is 0 Å². The fraction of sp³-hybridized carbons (Fsp3) is 0.524. The van der Waals surface area contributed by atoms with E-state index in [0.717, 1.165) is 10.8 Å². The summed E-state index contributed by atoms with van der Waals surface area (Å²) in [6.45, 7) is 3.59. The molecule has 0 aliphatic carbocycles. The molecule has 0 saturated heterocycles. The summed E-state index contributed by atoms with van der Waals surface area (Å²) in [5.74, 6) is 1.37. The first kappa shape index (κ1) is 20.8. The van der Waals surface area contributed by atoms with Gasteiger partial charge >= 0.3 is 0 Å². The summed E-state index contributed by atoms with van der Waals surface area (Å²) in [7, 11) is 0. The molecule has 1 aliphatic heterocycles. The molecule has 154 valence electrons. The fourth-order valence-electron chi connectivity index (χ4n) is 2.81. The topological polar surface area (TPSA) is 75.6 Å². The number of aliphatic hydroxyl groups excluding tert-OH is 1. The fourth-order valence-corrected chi connectivity index (χ4v) is 2.81. The highest BCUT2D eigenvalue weighted by Crippen LogP contribution is 2.32. The average Bonchev–Trinajstić information content (AvgIpc) is 2.72. The maximum Gasteiger partial charge on any atom is 0.161 e. The third kappa shape index (κ3) is 6.61. The Kier molecular flexibility index (Phi) is 8.80. The van der Waals surface area contributed by atoms with Crippen molar-refractivity contribution in [2.24, 2.45) is 0 Å². The average molecular weight is 392 g/mol.